The van der Waals surface area contributed by atoms with Crippen LogP contribution < -0.4 is 4.90 Å². The third kappa shape index (κ3) is 2.76. The highest BCUT2D eigenvalue weighted by atomic mass is 35.5. The van der Waals surface area contributed by atoms with Gasteiger partial charge in [0.25, 0.3) is 5.91 Å². The second kappa shape index (κ2) is 6.40. The summed E-state index contributed by atoms with van der Waals surface area (Å²) in [7, 11) is 0. The Morgan fingerprint density at radius 2 is 1.77 bits per heavy atom. The van der Waals surface area contributed by atoms with Crippen molar-refractivity contribution in [2.24, 2.45) is 5.41 Å². The van der Waals surface area contributed by atoms with Crippen LogP contribution in [0, 0.1) is 11.2 Å². The fraction of sp³-hybridized carbons (Fsp3) is 0.300. The molecule has 1 spiro atoms. The summed E-state index contributed by atoms with van der Waals surface area (Å²) in [5, 5.41) is -0.0583. The Labute approximate surface area is 156 Å². The summed E-state index contributed by atoms with van der Waals surface area (Å²) in [6.45, 7) is 1.73. The maximum atomic E-state index is 13.3. The first-order chi connectivity index (χ1) is 12.5. The van der Waals surface area contributed by atoms with E-state index in [0.717, 1.165) is 5.69 Å². The topological polar surface area (TPSA) is 40.6 Å². The minimum atomic E-state index is -0.540. The quantitative estimate of drug-likeness (QED) is 0.753. The van der Waals surface area contributed by atoms with E-state index in [9.17, 15) is 14.0 Å². The summed E-state index contributed by atoms with van der Waals surface area (Å²) in [6, 6.07) is 13.6. The van der Waals surface area contributed by atoms with Gasteiger partial charge >= 0.3 is 0 Å². The number of nitrogens with zero attached hydrogens (tertiary/aromatic N) is 2. The predicted molar refractivity (Wildman–Crippen MR) is 97.8 cm³/mol. The zero-order valence-electron chi connectivity index (χ0n) is 14.1. The van der Waals surface area contributed by atoms with Crippen LogP contribution in [-0.2, 0) is 4.79 Å². The predicted octanol–water partition coefficient (Wildman–Crippen LogP) is 3.75. The highest BCUT2D eigenvalue weighted by Gasteiger charge is 2.53. The van der Waals surface area contributed by atoms with Crippen molar-refractivity contribution in [3.63, 3.8) is 0 Å². The molecule has 0 aromatic heterocycles. The molecule has 2 aliphatic heterocycles. The molecule has 4 rings (SSSR count). The van der Waals surface area contributed by atoms with Gasteiger partial charge in [-0.05, 0) is 43.2 Å². The van der Waals surface area contributed by atoms with Gasteiger partial charge in [0.15, 0.2) is 0 Å². The zero-order valence-corrected chi connectivity index (χ0v) is 14.9. The van der Waals surface area contributed by atoms with Gasteiger partial charge < -0.3 is 9.80 Å². The minimum Gasteiger partial charge on any atom is -0.339 e. The number of anilines is 1. The summed E-state index contributed by atoms with van der Waals surface area (Å²) in [6.07, 6.45) is 1.30. The molecule has 2 saturated heterocycles. The number of para-hydroxylation sites is 1. The van der Waals surface area contributed by atoms with Crippen LogP contribution in [0.5, 0.6) is 0 Å². The van der Waals surface area contributed by atoms with Gasteiger partial charge in [-0.25, -0.2) is 4.39 Å². The molecule has 0 N–H and O–H groups in total. The van der Waals surface area contributed by atoms with Gasteiger partial charge in [-0.15, -0.1) is 0 Å². The molecule has 2 aromatic rings. The van der Waals surface area contributed by atoms with Gasteiger partial charge in [-0.3, -0.25) is 9.59 Å². The summed E-state index contributed by atoms with van der Waals surface area (Å²) in [5.41, 5.74) is 0.938. The number of rotatable bonds is 2. The number of benzene rings is 2. The molecule has 2 fully saturated rings. The van der Waals surface area contributed by atoms with Crippen LogP contribution in [0.2, 0.25) is 5.02 Å². The first-order valence-electron chi connectivity index (χ1n) is 8.62. The number of hydrogen-bond acceptors (Lipinski definition) is 2. The van der Waals surface area contributed by atoms with Gasteiger partial charge in [0.1, 0.15) is 5.82 Å². The molecule has 134 valence electrons. The van der Waals surface area contributed by atoms with Gasteiger partial charge in [0, 0.05) is 30.9 Å². The first-order valence-corrected chi connectivity index (χ1v) is 8.99. The lowest BCUT2D eigenvalue weighted by Gasteiger charge is -2.52. The van der Waals surface area contributed by atoms with Gasteiger partial charge in [0.2, 0.25) is 5.91 Å². The molecule has 0 aliphatic carbocycles. The molecule has 2 amide bonds. The van der Waals surface area contributed by atoms with Crippen LogP contribution in [0.3, 0.4) is 0 Å². The van der Waals surface area contributed by atoms with E-state index in [1.54, 1.807) is 9.80 Å². The third-order valence-electron chi connectivity index (χ3n) is 5.40. The van der Waals surface area contributed by atoms with Crippen LogP contribution in [-0.4, -0.2) is 36.3 Å². The number of hydrogen-bond donors (Lipinski definition) is 0. The van der Waals surface area contributed by atoms with Crippen molar-refractivity contribution < 1.29 is 14.0 Å². The first kappa shape index (κ1) is 17.0. The molecule has 0 saturated carbocycles. The minimum absolute atomic E-state index is 0.0583. The second-order valence-corrected chi connectivity index (χ2v) is 7.34. The fourth-order valence-corrected chi connectivity index (χ4v) is 3.96. The van der Waals surface area contributed by atoms with Crippen molar-refractivity contribution in [3.05, 3.63) is 64.9 Å². The molecule has 26 heavy (non-hydrogen) atoms. The largest absolute Gasteiger partial charge is 0.339 e. The second-order valence-electron chi connectivity index (χ2n) is 6.93. The van der Waals surface area contributed by atoms with E-state index in [-0.39, 0.29) is 22.3 Å². The number of amides is 2. The van der Waals surface area contributed by atoms with Gasteiger partial charge in [-0.1, -0.05) is 29.8 Å². The third-order valence-corrected chi connectivity index (χ3v) is 5.69. The molecular weight excluding hydrogens is 355 g/mol. The van der Waals surface area contributed by atoms with Crippen LogP contribution >= 0.6 is 11.6 Å². The number of piperidine rings is 1. The van der Waals surface area contributed by atoms with Crippen LogP contribution in [0.15, 0.2) is 48.5 Å². The standard InChI is InChI=1S/C20H18ClFN2O2/c21-16-12-14(6-7-17(16)22)18(25)23-10-8-20(9-11-23)13-24(19(20)26)15-4-2-1-3-5-15/h1-7,12H,8-11,13H2. The fourth-order valence-electron chi connectivity index (χ4n) is 3.78. The number of likely N-dealkylation sites (tertiary alicyclic amines) is 1. The summed E-state index contributed by atoms with van der Waals surface area (Å²) in [4.78, 5) is 28.8. The molecule has 0 unspecified atom stereocenters. The average Bonchev–Trinajstić information content (AvgIpc) is 2.68. The molecule has 0 bridgehead atoms. The Morgan fingerprint density at radius 3 is 2.38 bits per heavy atom. The molecule has 0 atom stereocenters. The van der Waals surface area contributed by atoms with Crippen molar-refractivity contribution >= 4 is 29.1 Å². The molecule has 2 heterocycles. The summed E-state index contributed by atoms with van der Waals surface area (Å²) in [5.74, 6) is -0.573. The molecule has 2 aliphatic rings. The number of β-lactam (4-membered cyclic amide) rings is 1. The number of halogens is 2. The maximum absolute atomic E-state index is 13.3. The Bertz CT molecular complexity index is 863. The van der Waals surface area contributed by atoms with Gasteiger partial charge in [-0.2, -0.15) is 0 Å². The lowest BCUT2D eigenvalue weighted by molar-refractivity contribution is -0.138. The van der Waals surface area contributed by atoms with Crippen molar-refractivity contribution in [2.75, 3.05) is 24.5 Å². The van der Waals surface area contributed by atoms with E-state index in [0.29, 0.717) is 38.0 Å². The Kier molecular flexibility index (Phi) is 4.19. The zero-order chi connectivity index (χ0) is 18.3. The van der Waals surface area contributed by atoms with E-state index in [1.807, 2.05) is 30.3 Å². The summed E-state index contributed by atoms with van der Waals surface area (Å²) >= 11 is 5.77. The Morgan fingerprint density at radius 1 is 1.08 bits per heavy atom. The van der Waals surface area contributed by atoms with E-state index in [4.69, 9.17) is 11.6 Å². The van der Waals surface area contributed by atoms with Crippen molar-refractivity contribution in [3.8, 4) is 0 Å². The lowest BCUT2D eigenvalue weighted by Crippen LogP contribution is -2.65. The Balaban J connectivity index is 1.41. The van der Waals surface area contributed by atoms with Crippen LogP contribution in [0.4, 0.5) is 10.1 Å². The molecule has 0 radical (unpaired) electrons. The van der Waals surface area contributed by atoms with E-state index in [1.165, 1.54) is 18.2 Å². The van der Waals surface area contributed by atoms with Crippen molar-refractivity contribution in [2.45, 2.75) is 12.8 Å². The SMILES string of the molecule is O=C(c1ccc(F)c(Cl)c1)N1CCC2(CC1)CN(c1ccccc1)C2=O. The number of carbonyl (C=O) groups is 2. The molecule has 6 heteroatoms. The van der Waals surface area contributed by atoms with E-state index in [2.05, 4.69) is 0 Å². The lowest BCUT2D eigenvalue weighted by atomic mass is 9.70. The average molecular weight is 373 g/mol. The Hall–Kier alpha value is -2.40. The van der Waals surface area contributed by atoms with Crippen LogP contribution in [0.25, 0.3) is 0 Å². The van der Waals surface area contributed by atoms with Crippen LogP contribution in [0.1, 0.15) is 23.2 Å². The smallest absolute Gasteiger partial charge is 0.253 e. The normalized spacial score (nSPS) is 18.8. The van der Waals surface area contributed by atoms with Gasteiger partial charge in [0.05, 0.1) is 10.4 Å². The van der Waals surface area contributed by atoms with Crippen molar-refractivity contribution in [1.29, 1.82) is 0 Å². The number of carbonyl (C=O) groups excluding carboxylic acids is 2. The van der Waals surface area contributed by atoms with E-state index < -0.39 is 5.82 Å². The maximum Gasteiger partial charge on any atom is 0.253 e. The highest BCUT2D eigenvalue weighted by Crippen LogP contribution is 2.44. The molecule has 4 nitrogen and oxygen atoms in total. The molecular formula is C20H18ClFN2O2. The molecule has 2 aromatic carbocycles. The summed E-state index contributed by atoms with van der Waals surface area (Å²) < 4.78 is 13.3. The van der Waals surface area contributed by atoms with Crippen molar-refractivity contribution in [1.82, 2.24) is 4.90 Å². The highest BCUT2D eigenvalue weighted by molar-refractivity contribution is 6.31. The monoisotopic (exact) mass is 372 g/mol. The van der Waals surface area contributed by atoms with E-state index >= 15 is 0 Å².